The third-order valence-electron chi connectivity index (χ3n) is 4.55. The Morgan fingerprint density at radius 3 is 2.74 bits per heavy atom. The summed E-state index contributed by atoms with van der Waals surface area (Å²) in [4.78, 5) is 2.53. The second-order valence-electron chi connectivity index (χ2n) is 5.65. The second kappa shape index (κ2) is 6.29. The Labute approximate surface area is 116 Å². The van der Waals surface area contributed by atoms with Crippen molar-refractivity contribution >= 4 is 5.69 Å². The summed E-state index contributed by atoms with van der Waals surface area (Å²) in [5.41, 5.74) is 7.05. The van der Waals surface area contributed by atoms with Crippen molar-refractivity contribution in [2.45, 2.75) is 33.1 Å². The van der Waals surface area contributed by atoms with Crippen LogP contribution < -0.4 is 10.5 Å². The quantitative estimate of drug-likeness (QED) is 0.800. The first-order chi connectivity index (χ1) is 9.17. The van der Waals surface area contributed by atoms with E-state index in [1.54, 1.807) is 0 Å². The van der Waals surface area contributed by atoms with Gasteiger partial charge in [-0.3, -0.25) is 4.90 Å². The molecule has 1 aliphatic heterocycles. The average Bonchev–Trinajstić information content (AvgIpc) is 2.83. The smallest absolute Gasteiger partial charge is 0.121 e. The number of ether oxygens (including phenoxy) is 1. The van der Waals surface area contributed by atoms with Gasteiger partial charge < -0.3 is 10.5 Å². The normalized spacial score (nSPS) is 18.6. The van der Waals surface area contributed by atoms with Crippen LogP contribution in [-0.2, 0) is 0 Å². The predicted molar refractivity (Wildman–Crippen MR) is 80.4 cm³/mol. The molecule has 0 unspecified atom stereocenters. The molecule has 0 aliphatic carbocycles. The van der Waals surface area contributed by atoms with Gasteiger partial charge in [-0.15, -0.1) is 0 Å². The lowest BCUT2D eigenvalue weighted by molar-refractivity contribution is 0.204. The Morgan fingerprint density at radius 1 is 1.32 bits per heavy atom. The molecule has 0 saturated carbocycles. The van der Waals surface area contributed by atoms with Crippen LogP contribution in [0.25, 0.3) is 0 Å². The van der Waals surface area contributed by atoms with Crippen molar-refractivity contribution in [1.82, 2.24) is 4.90 Å². The molecule has 1 saturated heterocycles. The van der Waals surface area contributed by atoms with E-state index in [1.165, 1.54) is 32.4 Å². The van der Waals surface area contributed by atoms with Crippen LogP contribution in [0.2, 0.25) is 0 Å². The molecule has 1 heterocycles. The average molecular weight is 262 g/mol. The molecule has 0 radical (unpaired) electrons. The molecular formula is C16H26N2O. The van der Waals surface area contributed by atoms with Gasteiger partial charge in [0.1, 0.15) is 12.4 Å². The van der Waals surface area contributed by atoms with Gasteiger partial charge >= 0.3 is 0 Å². The maximum Gasteiger partial charge on any atom is 0.121 e. The minimum absolute atomic E-state index is 0.553. The van der Waals surface area contributed by atoms with Gasteiger partial charge in [-0.1, -0.05) is 19.9 Å². The zero-order chi connectivity index (χ0) is 13.7. The van der Waals surface area contributed by atoms with Gasteiger partial charge in [-0.05, 0) is 43.4 Å². The monoisotopic (exact) mass is 262 g/mol. The topological polar surface area (TPSA) is 38.5 Å². The summed E-state index contributed by atoms with van der Waals surface area (Å²) in [6.45, 7) is 8.82. The molecule has 2 rings (SSSR count). The highest BCUT2D eigenvalue weighted by Crippen LogP contribution is 2.36. The largest absolute Gasteiger partial charge is 0.492 e. The van der Waals surface area contributed by atoms with E-state index in [1.807, 2.05) is 24.3 Å². The van der Waals surface area contributed by atoms with Crippen molar-refractivity contribution in [1.29, 1.82) is 0 Å². The number of anilines is 1. The standard InChI is InChI=1S/C16H26N2O/c1-3-16(4-2)8-9-18(13-16)10-11-19-15-7-5-6-14(17)12-15/h5-7,12H,3-4,8-11,13,17H2,1-2H3. The Morgan fingerprint density at radius 2 is 2.11 bits per heavy atom. The molecule has 1 aromatic rings. The molecule has 1 fully saturated rings. The van der Waals surface area contributed by atoms with Crippen molar-refractivity contribution in [3.05, 3.63) is 24.3 Å². The number of benzene rings is 1. The van der Waals surface area contributed by atoms with Gasteiger partial charge in [0.25, 0.3) is 0 Å². The summed E-state index contributed by atoms with van der Waals surface area (Å²) in [5, 5.41) is 0. The minimum Gasteiger partial charge on any atom is -0.492 e. The van der Waals surface area contributed by atoms with E-state index in [-0.39, 0.29) is 0 Å². The molecule has 1 aromatic carbocycles. The van der Waals surface area contributed by atoms with Crippen LogP contribution in [0.4, 0.5) is 5.69 Å². The SMILES string of the molecule is CCC1(CC)CCN(CCOc2cccc(N)c2)C1. The number of nitrogens with zero attached hydrogens (tertiary/aromatic N) is 1. The van der Waals surface area contributed by atoms with Crippen molar-refractivity contribution in [3.8, 4) is 5.75 Å². The summed E-state index contributed by atoms with van der Waals surface area (Å²) < 4.78 is 5.76. The first kappa shape index (κ1) is 14.2. The number of nitrogen functional groups attached to an aromatic ring is 1. The Kier molecular flexibility index (Phi) is 4.70. The third-order valence-corrected chi connectivity index (χ3v) is 4.55. The molecule has 1 aliphatic rings. The lowest BCUT2D eigenvalue weighted by Gasteiger charge is -2.26. The summed E-state index contributed by atoms with van der Waals surface area (Å²) in [5.74, 6) is 0.872. The highest BCUT2D eigenvalue weighted by Gasteiger charge is 2.34. The summed E-state index contributed by atoms with van der Waals surface area (Å²) in [6.07, 6.45) is 3.91. The Bertz CT molecular complexity index is 401. The van der Waals surface area contributed by atoms with E-state index in [0.717, 1.165) is 24.6 Å². The maximum atomic E-state index is 5.76. The molecule has 0 bridgehead atoms. The zero-order valence-electron chi connectivity index (χ0n) is 12.2. The van der Waals surface area contributed by atoms with Gasteiger partial charge in [-0.25, -0.2) is 0 Å². The van der Waals surface area contributed by atoms with Crippen LogP contribution in [0.15, 0.2) is 24.3 Å². The molecule has 3 heteroatoms. The molecule has 0 atom stereocenters. The molecule has 0 aromatic heterocycles. The number of nitrogens with two attached hydrogens (primary N) is 1. The van der Waals surface area contributed by atoms with E-state index in [2.05, 4.69) is 18.7 Å². The molecular weight excluding hydrogens is 236 g/mol. The molecule has 106 valence electrons. The molecule has 19 heavy (non-hydrogen) atoms. The van der Waals surface area contributed by atoms with E-state index in [0.29, 0.717) is 5.41 Å². The third kappa shape index (κ3) is 3.63. The minimum atomic E-state index is 0.553. The number of likely N-dealkylation sites (tertiary alicyclic amines) is 1. The van der Waals surface area contributed by atoms with Crippen LogP contribution in [0.5, 0.6) is 5.75 Å². The highest BCUT2D eigenvalue weighted by atomic mass is 16.5. The maximum absolute atomic E-state index is 5.76. The lowest BCUT2D eigenvalue weighted by atomic mass is 9.82. The van der Waals surface area contributed by atoms with E-state index >= 15 is 0 Å². The fourth-order valence-electron chi connectivity index (χ4n) is 2.94. The molecule has 3 nitrogen and oxygen atoms in total. The molecule has 0 amide bonds. The fraction of sp³-hybridized carbons (Fsp3) is 0.625. The number of hydrogen-bond donors (Lipinski definition) is 1. The van der Waals surface area contributed by atoms with Crippen molar-refractivity contribution < 1.29 is 4.74 Å². The predicted octanol–water partition coefficient (Wildman–Crippen LogP) is 3.16. The van der Waals surface area contributed by atoms with Crippen molar-refractivity contribution in [3.63, 3.8) is 0 Å². The highest BCUT2D eigenvalue weighted by molar-refractivity contribution is 5.43. The van der Waals surface area contributed by atoms with Gasteiger partial charge in [0, 0.05) is 24.8 Å². The Hall–Kier alpha value is -1.22. The van der Waals surface area contributed by atoms with E-state index in [9.17, 15) is 0 Å². The Balaban J connectivity index is 1.75. The first-order valence-electron chi connectivity index (χ1n) is 7.38. The van der Waals surface area contributed by atoms with Crippen LogP contribution in [0.1, 0.15) is 33.1 Å². The van der Waals surface area contributed by atoms with Gasteiger partial charge in [0.15, 0.2) is 0 Å². The van der Waals surface area contributed by atoms with Gasteiger partial charge in [-0.2, -0.15) is 0 Å². The zero-order valence-corrected chi connectivity index (χ0v) is 12.2. The van der Waals surface area contributed by atoms with Crippen LogP contribution in [-0.4, -0.2) is 31.1 Å². The van der Waals surface area contributed by atoms with Crippen molar-refractivity contribution in [2.75, 3.05) is 32.0 Å². The summed E-state index contributed by atoms with van der Waals surface area (Å²) in [6, 6.07) is 7.65. The van der Waals surface area contributed by atoms with Gasteiger partial charge in [0.05, 0.1) is 0 Å². The fourth-order valence-corrected chi connectivity index (χ4v) is 2.94. The van der Waals surface area contributed by atoms with Gasteiger partial charge in [0.2, 0.25) is 0 Å². The summed E-state index contributed by atoms with van der Waals surface area (Å²) >= 11 is 0. The molecule has 2 N–H and O–H groups in total. The molecule has 0 spiro atoms. The van der Waals surface area contributed by atoms with Crippen LogP contribution >= 0.6 is 0 Å². The van der Waals surface area contributed by atoms with Crippen molar-refractivity contribution in [2.24, 2.45) is 5.41 Å². The second-order valence-corrected chi connectivity index (χ2v) is 5.65. The first-order valence-corrected chi connectivity index (χ1v) is 7.38. The van der Waals surface area contributed by atoms with E-state index in [4.69, 9.17) is 10.5 Å². The van der Waals surface area contributed by atoms with Crippen LogP contribution in [0, 0.1) is 5.41 Å². The summed E-state index contributed by atoms with van der Waals surface area (Å²) in [7, 11) is 0. The number of hydrogen-bond acceptors (Lipinski definition) is 3. The lowest BCUT2D eigenvalue weighted by Crippen LogP contribution is -2.29. The van der Waals surface area contributed by atoms with E-state index < -0.39 is 0 Å². The number of rotatable bonds is 6. The van der Waals surface area contributed by atoms with Crippen LogP contribution in [0.3, 0.4) is 0 Å².